The van der Waals surface area contributed by atoms with Gasteiger partial charge in [0.15, 0.2) is 0 Å². The highest BCUT2D eigenvalue weighted by Gasteiger charge is 2.34. The zero-order valence-electron chi connectivity index (χ0n) is 15.5. The summed E-state index contributed by atoms with van der Waals surface area (Å²) >= 11 is 0.901. The molecule has 3 aromatic rings. The predicted molar refractivity (Wildman–Crippen MR) is 116 cm³/mol. The Kier molecular flexibility index (Phi) is 5.37. The van der Waals surface area contributed by atoms with Crippen molar-refractivity contribution in [2.24, 2.45) is 0 Å². The van der Waals surface area contributed by atoms with Crippen LogP contribution in [0.3, 0.4) is 0 Å². The number of thioether (sulfide) groups is 1. The van der Waals surface area contributed by atoms with Gasteiger partial charge in [0.1, 0.15) is 12.4 Å². The highest BCUT2D eigenvalue weighted by atomic mass is 32.2. The maximum atomic E-state index is 12.2. The van der Waals surface area contributed by atoms with Crippen LogP contribution < -0.4 is 4.74 Å². The lowest BCUT2D eigenvalue weighted by Gasteiger charge is -2.08. The van der Waals surface area contributed by atoms with E-state index in [0.29, 0.717) is 11.5 Å². The predicted octanol–water partition coefficient (Wildman–Crippen LogP) is 5.09. The van der Waals surface area contributed by atoms with Crippen molar-refractivity contribution >= 4 is 39.8 Å². The van der Waals surface area contributed by atoms with Crippen LogP contribution in [0.2, 0.25) is 0 Å². The average Bonchev–Trinajstić information content (AvgIpc) is 3.01. The maximum Gasteiger partial charge on any atom is 0.294 e. The molecule has 3 aromatic carbocycles. The summed E-state index contributed by atoms with van der Waals surface area (Å²) in [5, 5.41) is 2.05. The molecule has 0 radical (unpaired) electrons. The van der Waals surface area contributed by atoms with Crippen molar-refractivity contribution < 1.29 is 14.3 Å². The van der Waals surface area contributed by atoms with Gasteiger partial charge in [0.05, 0.1) is 11.4 Å². The van der Waals surface area contributed by atoms with Gasteiger partial charge in [-0.1, -0.05) is 54.5 Å². The van der Waals surface area contributed by atoms with Gasteiger partial charge in [-0.2, -0.15) is 0 Å². The molecule has 1 saturated heterocycles. The zero-order chi connectivity index (χ0) is 20.2. The Hall–Kier alpha value is -3.49. The Morgan fingerprint density at radius 2 is 1.76 bits per heavy atom. The van der Waals surface area contributed by atoms with Gasteiger partial charge in [-0.05, 0) is 57.9 Å². The largest absolute Gasteiger partial charge is 0.489 e. The number of ether oxygens (including phenoxy) is 1. The van der Waals surface area contributed by atoms with Crippen molar-refractivity contribution in [1.82, 2.24) is 4.90 Å². The summed E-state index contributed by atoms with van der Waals surface area (Å²) in [5.41, 5.74) is 1.91. The van der Waals surface area contributed by atoms with Gasteiger partial charge in [-0.3, -0.25) is 14.5 Å². The van der Waals surface area contributed by atoms with E-state index in [4.69, 9.17) is 11.2 Å². The number of amides is 2. The molecule has 5 heteroatoms. The first kappa shape index (κ1) is 18.9. The summed E-state index contributed by atoms with van der Waals surface area (Å²) in [7, 11) is 0. The van der Waals surface area contributed by atoms with Crippen molar-refractivity contribution in [2.75, 3.05) is 6.54 Å². The van der Waals surface area contributed by atoms with Crippen molar-refractivity contribution in [1.29, 1.82) is 0 Å². The summed E-state index contributed by atoms with van der Waals surface area (Å²) in [5.74, 6) is 2.71. The summed E-state index contributed by atoms with van der Waals surface area (Å²) in [6.07, 6.45) is 6.90. The van der Waals surface area contributed by atoms with E-state index in [-0.39, 0.29) is 17.7 Å². The number of carbonyl (C=O) groups excluding carboxylic acids is 2. The smallest absolute Gasteiger partial charge is 0.294 e. The van der Waals surface area contributed by atoms with E-state index in [1.807, 2.05) is 36.4 Å². The Morgan fingerprint density at radius 3 is 2.52 bits per heavy atom. The van der Waals surface area contributed by atoms with E-state index < -0.39 is 0 Å². The zero-order valence-corrected chi connectivity index (χ0v) is 16.3. The van der Waals surface area contributed by atoms with Crippen molar-refractivity contribution in [2.45, 2.75) is 6.61 Å². The first-order valence-corrected chi connectivity index (χ1v) is 9.85. The van der Waals surface area contributed by atoms with Crippen LogP contribution >= 0.6 is 11.8 Å². The normalized spacial score (nSPS) is 15.1. The topological polar surface area (TPSA) is 46.6 Å². The third-order valence-electron chi connectivity index (χ3n) is 4.52. The Balaban J connectivity index is 1.42. The van der Waals surface area contributed by atoms with Gasteiger partial charge < -0.3 is 4.74 Å². The SMILES string of the molecule is C#CCN1C(=O)S/C(=C/c2ccc(OCc3ccc4ccccc4c3)cc2)C1=O. The Labute approximate surface area is 173 Å². The second kappa shape index (κ2) is 8.26. The highest BCUT2D eigenvalue weighted by Crippen LogP contribution is 2.32. The number of rotatable bonds is 5. The molecule has 0 aromatic heterocycles. The van der Waals surface area contributed by atoms with Crippen LogP contribution in [0.15, 0.2) is 71.6 Å². The molecule has 0 N–H and O–H groups in total. The first-order valence-electron chi connectivity index (χ1n) is 9.03. The molecule has 4 nitrogen and oxygen atoms in total. The number of terminal acetylenes is 1. The molecule has 0 spiro atoms. The van der Waals surface area contributed by atoms with E-state index in [2.05, 4.69) is 36.3 Å². The molecule has 2 amide bonds. The van der Waals surface area contributed by atoms with Crippen LogP contribution in [-0.4, -0.2) is 22.6 Å². The number of imide groups is 1. The lowest BCUT2D eigenvalue weighted by molar-refractivity contribution is -0.122. The lowest BCUT2D eigenvalue weighted by atomic mass is 10.1. The standard InChI is InChI=1S/C24H17NO3S/c1-2-13-25-23(26)22(29-24(25)27)15-17-8-11-21(12-9-17)28-16-18-7-10-19-5-3-4-6-20(19)14-18/h1,3-12,14-15H,13,16H2/b22-15+. The molecule has 1 aliphatic heterocycles. The van der Waals surface area contributed by atoms with Crippen LogP contribution in [0, 0.1) is 12.3 Å². The van der Waals surface area contributed by atoms with Gasteiger partial charge >= 0.3 is 0 Å². The number of fused-ring (bicyclic) bond motifs is 1. The molecule has 142 valence electrons. The van der Waals surface area contributed by atoms with Crippen LogP contribution in [-0.2, 0) is 11.4 Å². The minimum absolute atomic E-state index is 0.0104. The molecule has 1 heterocycles. The monoisotopic (exact) mass is 399 g/mol. The third kappa shape index (κ3) is 4.18. The summed E-state index contributed by atoms with van der Waals surface area (Å²) in [6.45, 7) is 0.457. The number of hydrogen-bond acceptors (Lipinski definition) is 4. The quantitative estimate of drug-likeness (QED) is 0.443. The number of nitrogens with zero attached hydrogens (tertiary/aromatic N) is 1. The van der Waals surface area contributed by atoms with E-state index >= 15 is 0 Å². The Bertz CT molecular complexity index is 1160. The fraction of sp³-hybridized carbons (Fsp3) is 0.0833. The van der Waals surface area contributed by atoms with Crippen LogP contribution in [0.5, 0.6) is 5.75 Å². The van der Waals surface area contributed by atoms with Crippen molar-refractivity contribution in [3.63, 3.8) is 0 Å². The van der Waals surface area contributed by atoms with Crippen molar-refractivity contribution in [3.05, 3.63) is 82.8 Å². The molecule has 29 heavy (non-hydrogen) atoms. The number of hydrogen-bond donors (Lipinski definition) is 0. The van der Waals surface area contributed by atoms with Crippen LogP contribution in [0.4, 0.5) is 4.79 Å². The van der Waals surface area contributed by atoms with E-state index in [1.54, 1.807) is 6.08 Å². The summed E-state index contributed by atoms with van der Waals surface area (Å²) < 4.78 is 5.88. The molecule has 4 rings (SSSR count). The molecular formula is C24H17NO3S. The number of carbonyl (C=O) groups is 2. The average molecular weight is 399 g/mol. The first-order chi connectivity index (χ1) is 14.1. The molecule has 0 aliphatic carbocycles. The molecule has 0 unspecified atom stereocenters. The summed E-state index contributed by atoms with van der Waals surface area (Å²) in [4.78, 5) is 25.5. The third-order valence-corrected chi connectivity index (χ3v) is 5.43. The second-order valence-corrected chi connectivity index (χ2v) is 7.50. The summed E-state index contributed by atoms with van der Waals surface area (Å²) in [6, 6.07) is 21.9. The van der Waals surface area contributed by atoms with Gasteiger partial charge in [-0.25, -0.2) is 0 Å². The molecule has 1 fully saturated rings. The minimum Gasteiger partial charge on any atom is -0.489 e. The van der Waals surface area contributed by atoms with Crippen molar-refractivity contribution in [3.8, 4) is 18.1 Å². The number of benzene rings is 3. The molecular weight excluding hydrogens is 382 g/mol. The van der Waals surface area contributed by atoms with Crippen LogP contribution in [0.25, 0.3) is 16.8 Å². The fourth-order valence-corrected chi connectivity index (χ4v) is 3.87. The van der Waals surface area contributed by atoms with Gasteiger partial charge in [0.25, 0.3) is 11.1 Å². The van der Waals surface area contributed by atoms with Gasteiger partial charge in [0.2, 0.25) is 0 Å². The Morgan fingerprint density at radius 1 is 1.00 bits per heavy atom. The van der Waals surface area contributed by atoms with Crippen LogP contribution in [0.1, 0.15) is 11.1 Å². The van der Waals surface area contributed by atoms with E-state index in [1.165, 1.54) is 10.8 Å². The maximum absolute atomic E-state index is 12.2. The van der Waals surface area contributed by atoms with Gasteiger partial charge in [0, 0.05) is 0 Å². The van der Waals surface area contributed by atoms with Gasteiger partial charge in [-0.15, -0.1) is 6.42 Å². The highest BCUT2D eigenvalue weighted by molar-refractivity contribution is 8.18. The fourth-order valence-electron chi connectivity index (χ4n) is 3.03. The second-order valence-electron chi connectivity index (χ2n) is 6.51. The molecule has 1 aliphatic rings. The lowest BCUT2D eigenvalue weighted by Crippen LogP contribution is -2.28. The molecule has 0 saturated carbocycles. The minimum atomic E-state index is -0.352. The molecule has 0 bridgehead atoms. The molecule has 0 atom stereocenters. The van der Waals surface area contributed by atoms with E-state index in [9.17, 15) is 9.59 Å². The van der Waals surface area contributed by atoms with E-state index in [0.717, 1.165) is 33.5 Å².